The summed E-state index contributed by atoms with van der Waals surface area (Å²) in [5, 5.41) is 5.12. The molecule has 0 aliphatic rings. The van der Waals surface area contributed by atoms with Crippen LogP contribution in [0.1, 0.15) is 58.2 Å². The van der Waals surface area contributed by atoms with Crippen LogP contribution in [0.25, 0.3) is 0 Å². The molecule has 0 heterocycles. The third-order valence-corrected chi connectivity index (χ3v) is 5.38. The standard InChI is InChI=1S/C24H37N3O6S/c1-8-16(3)27(22(30)18(14-34)26-23(31)33-24(4,5)6)20(17-11-9-10-15(2)12-17)21(29)25-13-19(28)32-7/h9-12,16,18,20,34H,8,13-14H2,1-7H3,(H,25,29)(H,26,31). The molecule has 3 unspecified atom stereocenters. The molecule has 190 valence electrons. The number of nitrogens with zero attached hydrogens (tertiary/aromatic N) is 1. The molecule has 3 atom stereocenters. The fraction of sp³-hybridized carbons (Fsp3) is 0.583. The number of alkyl carbamates (subject to hydrolysis) is 1. The first-order valence-electron chi connectivity index (χ1n) is 11.2. The van der Waals surface area contributed by atoms with Crippen LogP contribution in [-0.2, 0) is 23.9 Å². The summed E-state index contributed by atoms with van der Waals surface area (Å²) in [7, 11) is 1.22. The minimum absolute atomic E-state index is 0.00464. The van der Waals surface area contributed by atoms with Crippen LogP contribution in [0.3, 0.4) is 0 Å². The number of thiol groups is 1. The topological polar surface area (TPSA) is 114 Å². The van der Waals surface area contributed by atoms with Gasteiger partial charge in [-0.2, -0.15) is 12.6 Å². The molecule has 0 aromatic heterocycles. The van der Waals surface area contributed by atoms with Crippen molar-refractivity contribution in [3.8, 4) is 0 Å². The average molecular weight is 496 g/mol. The highest BCUT2D eigenvalue weighted by molar-refractivity contribution is 7.80. The zero-order valence-corrected chi connectivity index (χ0v) is 21.9. The molecule has 9 nitrogen and oxygen atoms in total. The van der Waals surface area contributed by atoms with Crippen molar-refractivity contribution in [1.29, 1.82) is 0 Å². The van der Waals surface area contributed by atoms with Crippen molar-refractivity contribution < 1.29 is 28.7 Å². The summed E-state index contributed by atoms with van der Waals surface area (Å²) in [5.74, 6) is -1.65. The summed E-state index contributed by atoms with van der Waals surface area (Å²) in [4.78, 5) is 52.4. The number of nitrogens with one attached hydrogen (secondary N) is 2. The number of methoxy groups -OCH3 is 1. The van der Waals surface area contributed by atoms with E-state index < -0.39 is 41.6 Å². The molecule has 0 aliphatic heterocycles. The maximum atomic E-state index is 13.7. The Balaban J connectivity index is 3.41. The Bertz CT molecular complexity index is 871. The summed E-state index contributed by atoms with van der Waals surface area (Å²) in [5.41, 5.74) is 0.728. The second-order valence-corrected chi connectivity index (χ2v) is 9.36. The van der Waals surface area contributed by atoms with E-state index >= 15 is 0 Å². The first-order chi connectivity index (χ1) is 15.8. The van der Waals surface area contributed by atoms with Gasteiger partial charge in [0, 0.05) is 11.8 Å². The van der Waals surface area contributed by atoms with E-state index in [1.807, 2.05) is 32.9 Å². The molecule has 0 radical (unpaired) electrons. The van der Waals surface area contributed by atoms with Crippen molar-refractivity contribution in [2.24, 2.45) is 0 Å². The van der Waals surface area contributed by atoms with Gasteiger partial charge in [0.15, 0.2) is 0 Å². The molecule has 0 fully saturated rings. The van der Waals surface area contributed by atoms with Crippen LogP contribution in [0, 0.1) is 6.92 Å². The lowest BCUT2D eigenvalue weighted by molar-refractivity contribution is -0.146. The van der Waals surface area contributed by atoms with Gasteiger partial charge in [0.1, 0.15) is 24.2 Å². The molecule has 1 aromatic carbocycles. The third kappa shape index (κ3) is 8.89. The van der Waals surface area contributed by atoms with Crippen LogP contribution in [-0.4, -0.2) is 65.9 Å². The van der Waals surface area contributed by atoms with Gasteiger partial charge in [-0.15, -0.1) is 0 Å². The predicted molar refractivity (Wildman–Crippen MR) is 133 cm³/mol. The van der Waals surface area contributed by atoms with Gasteiger partial charge in [-0.1, -0.05) is 36.8 Å². The number of amides is 3. The molecule has 3 amide bonds. The van der Waals surface area contributed by atoms with Gasteiger partial charge in [0.2, 0.25) is 11.8 Å². The second-order valence-electron chi connectivity index (χ2n) is 8.99. The van der Waals surface area contributed by atoms with Crippen molar-refractivity contribution in [1.82, 2.24) is 15.5 Å². The van der Waals surface area contributed by atoms with Gasteiger partial charge < -0.3 is 25.0 Å². The van der Waals surface area contributed by atoms with E-state index in [4.69, 9.17) is 4.74 Å². The second kappa shape index (κ2) is 13.2. The Morgan fingerprint density at radius 2 is 1.82 bits per heavy atom. The van der Waals surface area contributed by atoms with Crippen LogP contribution in [0.5, 0.6) is 0 Å². The number of benzene rings is 1. The molecule has 0 aliphatic carbocycles. The van der Waals surface area contributed by atoms with Crippen LogP contribution < -0.4 is 10.6 Å². The molecular weight excluding hydrogens is 458 g/mol. The Morgan fingerprint density at radius 1 is 1.18 bits per heavy atom. The number of esters is 1. The molecule has 1 aromatic rings. The lowest BCUT2D eigenvalue weighted by Gasteiger charge is -2.38. The highest BCUT2D eigenvalue weighted by atomic mass is 32.1. The van der Waals surface area contributed by atoms with Crippen LogP contribution in [0.15, 0.2) is 24.3 Å². The number of rotatable bonds is 10. The average Bonchev–Trinajstić information content (AvgIpc) is 2.76. The molecule has 0 spiro atoms. The summed E-state index contributed by atoms with van der Waals surface area (Å²) in [6.07, 6.45) is -0.212. The summed E-state index contributed by atoms with van der Waals surface area (Å²) >= 11 is 4.26. The zero-order valence-electron chi connectivity index (χ0n) is 21.0. The Kier molecular flexibility index (Phi) is 11.4. The molecule has 10 heteroatoms. The molecule has 1 rings (SSSR count). The van der Waals surface area contributed by atoms with Gasteiger partial charge in [-0.05, 0) is 46.6 Å². The quantitative estimate of drug-likeness (QED) is 0.340. The maximum absolute atomic E-state index is 13.7. The van der Waals surface area contributed by atoms with Gasteiger partial charge in [-0.25, -0.2) is 4.79 Å². The normalized spacial score (nSPS) is 13.8. The molecule has 0 bridgehead atoms. The van der Waals surface area contributed by atoms with E-state index in [-0.39, 0.29) is 18.3 Å². The van der Waals surface area contributed by atoms with Gasteiger partial charge in [-0.3, -0.25) is 14.4 Å². The summed E-state index contributed by atoms with van der Waals surface area (Å²) in [6, 6.07) is 4.77. The fourth-order valence-corrected chi connectivity index (χ4v) is 3.46. The Morgan fingerprint density at radius 3 is 2.32 bits per heavy atom. The minimum atomic E-state index is -1.05. The van der Waals surface area contributed by atoms with Crippen molar-refractivity contribution >= 4 is 36.5 Å². The molecule has 0 saturated carbocycles. The van der Waals surface area contributed by atoms with E-state index in [2.05, 4.69) is 28.0 Å². The molecule has 34 heavy (non-hydrogen) atoms. The van der Waals surface area contributed by atoms with Crippen molar-refractivity contribution in [3.05, 3.63) is 35.4 Å². The number of carbonyl (C=O) groups excluding carboxylic acids is 4. The predicted octanol–water partition coefficient (Wildman–Crippen LogP) is 2.78. The Hall–Kier alpha value is -2.75. The lowest BCUT2D eigenvalue weighted by Crippen LogP contribution is -2.56. The number of ether oxygens (including phenoxy) is 2. The first-order valence-corrected chi connectivity index (χ1v) is 11.8. The lowest BCUT2D eigenvalue weighted by atomic mass is 9.98. The van der Waals surface area contributed by atoms with Gasteiger partial charge >= 0.3 is 12.1 Å². The van der Waals surface area contributed by atoms with Crippen LogP contribution in [0.2, 0.25) is 0 Å². The summed E-state index contributed by atoms with van der Waals surface area (Å²) < 4.78 is 9.90. The number of hydrogen-bond donors (Lipinski definition) is 3. The molecule has 2 N–H and O–H groups in total. The zero-order chi connectivity index (χ0) is 26.1. The van der Waals surface area contributed by atoms with E-state index in [9.17, 15) is 19.2 Å². The third-order valence-electron chi connectivity index (χ3n) is 5.01. The number of carbonyl (C=O) groups is 4. The minimum Gasteiger partial charge on any atom is -0.468 e. The van der Waals surface area contributed by atoms with E-state index in [0.29, 0.717) is 12.0 Å². The monoisotopic (exact) mass is 495 g/mol. The maximum Gasteiger partial charge on any atom is 0.408 e. The molecule has 0 saturated heterocycles. The van der Waals surface area contributed by atoms with E-state index in [0.717, 1.165) is 5.56 Å². The fourth-order valence-electron chi connectivity index (χ4n) is 3.22. The number of aryl methyl sites for hydroxylation is 1. The molecular formula is C24H37N3O6S. The first kappa shape index (κ1) is 29.3. The van der Waals surface area contributed by atoms with Crippen molar-refractivity contribution in [2.75, 3.05) is 19.4 Å². The van der Waals surface area contributed by atoms with Crippen molar-refractivity contribution in [3.63, 3.8) is 0 Å². The van der Waals surface area contributed by atoms with E-state index in [1.165, 1.54) is 12.0 Å². The highest BCUT2D eigenvalue weighted by Crippen LogP contribution is 2.27. The Labute approximate surface area is 207 Å². The largest absolute Gasteiger partial charge is 0.468 e. The van der Waals surface area contributed by atoms with Crippen LogP contribution in [0.4, 0.5) is 4.79 Å². The van der Waals surface area contributed by atoms with Crippen LogP contribution >= 0.6 is 12.6 Å². The summed E-state index contributed by atoms with van der Waals surface area (Å²) in [6.45, 7) is 10.4. The van der Waals surface area contributed by atoms with Gasteiger partial charge in [0.05, 0.1) is 7.11 Å². The smallest absolute Gasteiger partial charge is 0.408 e. The van der Waals surface area contributed by atoms with Crippen molar-refractivity contribution in [2.45, 2.75) is 71.7 Å². The van der Waals surface area contributed by atoms with Gasteiger partial charge in [0.25, 0.3) is 0 Å². The highest BCUT2D eigenvalue weighted by Gasteiger charge is 2.38. The van der Waals surface area contributed by atoms with E-state index in [1.54, 1.807) is 32.9 Å². The number of hydrogen-bond acceptors (Lipinski definition) is 7. The SMILES string of the molecule is CCC(C)N(C(=O)C(CS)NC(=O)OC(C)(C)C)C(C(=O)NCC(=O)OC)c1cccc(C)c1.